The molecule has 0 aromatic heterocycles. The lowest BCUT2D eigenvalue weighted by molar-refractivity contribution is 0.530. The molecule has 0 fully saturated rings. The highest BCUT2D eigenvalue weighted by atomic mass is 32.3. The lowest BCUT2D eigenvalue weighted by atomic mass is 10.2. The van der Waals surface area contributed by atoms with Crippen LogP contribution in [0.2, 0.25) is 0 Å². The minimum absolute atomic E-state index is 0.274. The van der Waals surface area contributed by atoms with Crippen LogP contribution in [0.25, 0.3) is 0 Å². The maximum Gasteiger partial charge on any atom is 0.165 e. The van der Waals surface area contributed by atoms with E-state index in [9.17, 15) is 17.2 Å². The summed E-state index contributed by atoms with van der Waals surface area (Å²) in [5.74, 6) is 0. The first kappa shape index (κ1) is 12.4. The van der Waals surface area contributed by atoms with Gasteiger partial charge in [-0.2, -0.15) is 0 Å². The highest BCUT2D eigenvalue weighted by Gasteiger charge is 2.23. The van der Waals surface area contributed by atoms with Crippen molar-refractivity contribution < 1.29 is 17.2 Å². The zero-order chi connectivity index (χ0) is 11.6. The van der Waals surface area contributed by atoms with E-state index in [1.54, 1.807) is 12.1 Å². The van der Waals surface area contributed by atoms with Crippen LogP contribution in [0.3, 0.4) is 0 Å². The van der Waals surface area contributed by atoms with E-state index in [0.29, 0.717) is 0 Å². The van der Waals surface area contributed by atoms with Gasteiger partial charge in [0.25, 0.3) is 0 Å². The van der Waals surface area contributed by atoms with Gasteiger partial charge >= 0.3 is 0 Å². The predicted molar refractivity (Wildman–Crippen MR) is 57.7 cm³/mol. The second-order valence-electron chi connectivity index (χ2n) is 3.33. The van der Waals surface area contributed by atoms with Crippen molar-refractivity contribution in [2.75, 3.05) is 6.26 Å². The third kappa shape index (κ3) is 3.12. The maximum atomic E-state index is 11.3. The van der Waals surface area contributed by atoms with Crippen molar-refractivity contribution in [3.8, 4) is 0 Å². The van der Waals surface area contributed by atoms with Crippen LogP contribution in [0, 0.1) is 6.92 Å². The fourth-order valence-corrected chi connectivity index (χ4v) is 3.40. The van der Waals surface area contributed by atoms with Crippen molar-refractivity contribution in [3.05, 3.63) is 35.4 Å². The van der Waals surface area contributed by atoms with Gasteiger partial charge in [0, 0.05) is 6.26 Å². The Balaban J connectivity index is 3.23. The Bertz CT molecular complexity index is 461. The molecular formula is C9H11O4S2-. The molecule has 0 bridgehead atoms. The van der Waals surface area contributed by atoms with Gasteiger partial charge in [-0.15, -0.1) is 0 Å². The van der Waals surface area contributed by atoms with E-state index in [2.05, 4.69) is 0 Å². The van der Waals surface area contributed by atoms with Gasteiger partial charge in [0.1, 0.15) is 4.58 Å². The number of rotatable bonds is 3. The van der Waals surface area contributed by atoms with Crippen molar-refractivity contribution in [2.24, 2.45) is 0 Å². The summed E-state index contributed by atoms with van der Waals surface area (Å²) in [4.78, 5) is 0. The highest BCUT2D eigenvalue weighted by molar-refractivity contribution is 8.03. The van der Waals surface area contributed by atoms with Gasteiger partial charge < -0.3 is 4.55 Å². The van der Waals surface area contributed by atoms with Crippen LogP contribution in [-0.4, -0.2) is 23.4 Å². The summed E-state index contributed by atoms with van der Waals surface area (Å²) >= 11 is -2.67. The summed E-state index contributed by atoms with van der Waals surface area (Å²) in [5.41, 5.74) is 1.22. The topological polar surface area (TPSA) is 74.3 Å². The molecule has 4 nitrogen and oxygen atoms in total. The summed E-state index contributed by atoms with van der Waals surface area (Å²) in [6, 6.07) is 6.38. The molecule has 84 valence electrons. The summed E-state index contributed by atoms with van der Waals surface area (Å²) in [5, 5.41) is 0. The molecule has 0 N–H and O–H groups in total. The molecule has 0 heterocycles. The molecule has 0 aliphatic carbocycles. The molecule has 2 unspecified atom stereocenters. The van der Waals surface area contributed by atoms with Gasteiger partial charge in [-0.3, -0.25) is 4.21 Å². The van der Waals surface area contributed by atoms with Crippen LogP contribution in [0.4, 0.5) is 0 Å². The van der Waals surface area contributed by atoms with Crippen LogP contribution in [-0.2, 0) is 20.9 Å². The van der Waals surface area contributed by atoms with Crippen molar-refractivity contribution in [1.29, 1.82) is 0 Å². The van der Waals surface area contributed by atoms with Gasteiger partial charge in [-0.05, 0) is 23.6 Å². The Morgan fingerprint density at radius 2 is 1.73 bits per heavy atom. The van der Waals surface area contributed by atoms with Crippen molar-refractivity contribution in [2.45, 2.75) is 11.5 Å². The lowest BCUT2D eigenvalue weighted by Gasteiger charge is -2.18. The number of hydrogen-bond acceptors (Lipinski definition) is 4. The van der Waals surface area contributed by atoms with Gasteiger partial charge in [-0.1, -0.05) is 29.8 Å². The minimum atomic E-state index is -3.64. The van der Waals surface area contributed by atoms with Crippen molar-refractivity contribution >= 4 is 20.9 Å². The molecular weight excluding hydrogens is 236 g/mol. The Morgan fingerprint density at radius 1 is 1.27 bits per heavy atom. The Kier molecular flexibility index (Phi) is 3.64. The first-order chi connectivity index (χ1) is 6.82. The van der Waals surface area contributed by atoms with Gasteiger partial charge in [0.2, 0.25) is 0 Å². The first-order valence-corrected chi connectivity index (χ1v) is 7.25. The molecule has 1 aromatic rings. The predicted octanol–water partition coefficient (Wildman–Crippen LogP) is 0.917. The van der Waals surface area contributed by atoms with Gasteiger partial charge in [0.15, 0.2) is 9.84 Å². The summed E-state index contributed by atoms with van der Waals surface area (Å²) in [6.07, 6.45) is 0.910. The Hall–Kier alpha value is -0.720. The number of aryl methyl sites for hydroxylation is 1. The Labute approximate surface area is 91.5 Å². The fourth-order valence-electron chi connectivity index (χ4n) is 1.22. The minimum Gasteiger partial charge on any atom is -0.771 e. The number of hydrogen-bond donors (Lipinski definition) is 0. The molecule has 1 rings (SSSR count). The van der Waals surface area contributed by atoms with Gasteiger partial charge in [-0.25, -0.2) is 8.42 Å². The molecule has 6 heteroatoms. The van der Waals surface area contributed by atoms with E-state index in [4.69, 9.17) is 0 Å². The molecule has 2 atom stereocenters. The van der Waals surface area contributed by atoms with Gasteiger partial charge in [0.05, 0.1) is 0 Å². The van der Waals surface area contributed by atoms with Crippen LogP contribution < -0.4 is 0 Å². The van der Waals surface area contributed by atoms with E-state index < -0.39 is 25.5 Å². The largest absolute Gasteiger partial charge is 0.771 e. The SMILES string of the molecule is Cc1ccc(C(S(=O)[O-])S(C)(=O)=O)cc1. The fraction of sp³-hybridized carbons (Fsp3) is 0.333. The third-order valence-corrected chi connectivity index (χ3v) is 5.10. The molecule has 0 aliphatic rings. The van der Waals surface area contributed by atoms with Crippen molar-refractivity contribution in [3.63, 3.8) is 0 Å². The van der Waals surface area contributed by atoms with Crippen LogP contribution in [0.15, 0.2) is 24.3 Å². The average molecular weight is 247 g/mol. The molecule has 0 saturated carbocycles. The molecule has 0 radical (unpaired) electrons. The quantitative estimate of drug-likeness (QED) is 0.744. The van der Waals surface area contributed by atoms with E-state index in [-0.39, 0.29) is 5.56 Å². The molecule has 1 aromatic carbocycles. The molecule has 0 aliphatic heterocycles. The zero-order valence-corrected chi connectivity index (χ0v) is 9.97. The average Bonchev–Trinajstić information content (AvgIpc) is 2.05. The lowest BCUT2D eigenvalue weighted by Crippen LogP contribution is -2.16. The number of sulfone groups is 1. The van der Waals surface area contributed by atoms with E-state index >= 15 is 0 Å². The molecule has 0 amide bonds. The normalized spacial score (nSPS) is 15.9. The second kappa shape index (κ2) is 4.42. The summed E-state index contributed by atoms with van der Waals surface area (Å²) in [7, 11) is -3.64. The third-order valence-electron chi connectivity index (χ3n) is 1.91. The van der Waals surface area contributed by atoms with E-state index in [1.807, 2.05) is 6.92 Å². The van der Waals surface area contributed by atoms with E-state index in [0.717, 1.165) is 11.8 Å². The highest BCUT2D eigenvalue weighted by Crippen LogP contribution is 2.24. The summed E-state index contributed by atoms with van der Waals surface area (Å²) < 4.78 is 42.8. The van der Waals surface area contributed by atoms with Crippen LogP contribution >= 0.6 is 0 Å². The molecule has 15 heavy (non-hydrogen) atoms. The maximum absolute atomic E-state index is 11.3. The van der Waals surface area contributed by atoms with Crippen LogP contribution in [0.1, 0.15) is 15.7 Å². The smallest absolute Gasteiger partial charge is 0.165 e. The van der Waals surface area contributed by atoms with E-state index in [1.165, 1.54) is 12.1 Å². The first-order valence-electron chi connectivity index (χ1n) is 4.16. The summed E-state index contributed by atoms with van der Waals surface area (Å²) in [6.45, 7) is 1.84. The standard InChI is InChI=1S/C9H12O4S2/c1-7-3-5-8(6-4-7)9(14(10)11)15(2,12)13/h3-6,9H,1-2H3,(H,10,11)/p-1. The zero-order valence-electron chi connectivity index (χ0n) is 8.34. The monoisotopic (exact) mass is 247 g/mol. The number of benzene rings is 1. The molecule has 0 saturated heterocycles. The Morgan fingerprint density at radius 3 is 2.07 bits per heavy atom. The second-order valence-corrected chi connectivity index (χ2v) is 6.75. The van der Waals surface area contributed by atoms with Crippen LogP contribution in [0.5, 0.6) is 0 Å². The molecule has 0 spiro atoms. The van der Waals surface area contributed by atoms with Crippen molar-refractivity contribution in [1.82, 2.24) is 0 Å².